The van der Waals surface area contributed by atoms with Gasteiger partial charge in [-0.05, 0) is 23.3 Å². The third-order valence-electron chi connectivity index (χ3n) is 5.99. The van der Waals surface area contributed by atoms with E-state index in [9.17, 15) is 0 Å². The van der Waals surface area contributed by atoms with Crippen LogP contribution in [0.2, 0.25) is 0 Å². The fraction of sp³-hybridized carbons (Fsp3) is 0.185. The molecule has 0 unspecified atom stereocenters. The van der Waals surface area contributed by atoms with Crippen LogP contribution in [0.25, 0.3) is 0 Å². The van der Waals surface area contributed by atoms with E-state index in [-0.39, 0.29) is 6.04 Å². The van der Waals surface area contributed by atoms with E-state index in [0.717, 1.165) is 41.9 Å². The highest BCUT2D eigenvalue weighted by Gasteiger charge is 2.28. The summed E-state index contributed by atoms with van der Waals surface area (Å²) in [7, 11) is 0. The van der Waals surface area contributed by atoms with E-state index < -0.39 is 0 Å². The number of aromatic nitrogens is 2. The van der Waals surface area contributed by atoms with E-state index in [0.29, 0.717) is 5.69 Å². The molecule has 0 saturated carbocycles. The number of piperazine rings is 1. The molecule has 5 rings (SSSR count). The minimum Gasteiger partial charge on any atom is -0.394 e. The van der Waals surface area contributed by atoms with Gasteiger partial charge in [0.25, 0.3) is 0 Å². The molecule has 1 aliphatic rings. The summed E-state index contributed by atoms with van der Waals surface area (Å²) in [6.07, 6.45) is 1.63. The molecule has 3 aromatic carbocycles. The van der Waals surface area contributed by atoms with Gasteiger partial charge in [0.05, 0.1) is 6.04 Å². The van der Waals surface area contributed by atoms with Crippen molar-refractivity contribution >= 4 is 23.3 Å². The Kier molecular flexibility index (Phi) is 6.56. The predicted octanol–water partition coefficient (Wildman–Crippen LogP) is 5.12. The minimum atomic E-state index is 0.237. The van der Waals surface area contributed by atoms with Crippen LogP contribution in [0.3, 0.4) is 0 Å². The third-order valence-corrected chi connectivity index (χ3v) is 7.02. The minimum absolute atomic E-state index is 0.237. The summed E-state index contributed by atoms with van der Waals surface area (Å²) in [6.45, 7) is 3.60. The largest absolute Gasteiger partial charge is 0.394 e. The van der Waals surface area contributed by atoms with Crippen molar-refractivity contribution in [3.63, 3.8) is 0 Å². The van der Waals surface area contributed by atoms with Crippen LogP contribution in [0.5, 0.6) is 0 Å². The molecule has 0 spiro atoms. The topological polar surface area (TPSA) is 58.3 Å². The smallest absolute Gasteiger partial charge is 0.156 e. The third kappa shape index (κ3) is 4.87. The van der Waals surface area contributed by atoms with E-state index >= 15 is 0 Å². The highest BCUT2D eigenvalue weighted by Crippen LogP contribution is 2.35. The Morgan fingerprint density at radius 2 is 1.24 bits per heavy atom. The second kappa shape index (κ2) is 10.1. The molecule has 2 N–H and O–H groups in total. The standard InChI is InChI=1S/C27H27N5S/c28-24-26(29-20-30-27(24)33-23-14-8-3-9-15-23)32-18-16-31(17-19-32)25(21-10-4-1-5-11-21)22-12-6-2-7-13-22/h1-15,20,25H,16-19,28H2. The van der Waals surface area contributed by atoms with Gasteiger partial charge in [0, 0.05) is 31.1 Å². The first-order valence-corrected chi connectivity index (χ1v) is 12.0. The van der Waals surface area contributed by atoms with Crippen molar-refractivity contribution in [3.8, 4) is 0 Å². The lowest BCUT2D eigenvalue weighted by atomic mass is 9.96. The maximum Gasteiger partial charge on any atom is 0.156 e. The van der Waals surface area contributed by atoms with E-state index in [2.05, 4.69) is 92.6 Å². The first-order valence-electron chi connectivity index (χ1n) is 11.2. The molecule has 0 atom stereocenters. The van der Waals surface area contributed by atoms with Crippen LogP contribution >= 0.6 is 11.8 Å². The van der Waals surface area contributed by atoms with E-state index in [4.69, 9.17) is 5.73 Å². The summed E-state index contributed by atoms with van der Waals surface area (Å²) in [4.78, 5) is 14.9. The number of anilines is 2. The summed E-state index contributed by atoms with van der Waals surface area (Å²) >= 11 is 1.58. The average Bonchev–Trinajstić information content (AvgIpc) is 2.88. The lowest BCUT2D eigenvalue weighted by Gasteiger charge is -2.40. The van der Waals surface area contributed by atoms with Crippen molar-refractivity contribution in [1.29, 1.82) is 0 Å². The zero-order valence-corrected chi connectivity index (χ0v) is 19.2. The monoisotopic (exact) mass is 453 g/mol. The summed E-state index contributed by atoms with van der Waals surface area (Å²) in [5, 5.41) is 0.806. The molecular formula is C27H27N5S. The zero-order chi connectivity index (χ0) is 22.5. The number of hydrogen-bond acceptors (Lipinski definition) is 6. The van der Waals surface area contributed by atoms with E-state index in [1.165, 1.54) is 11.1 Å². The van der Waals surface area contributed by atoms with Crippen LogP contribution in [0, 0.1) is 0 Å². The first kappa shape index (κ1) is 21.5. The fourth-order valence-electron chi connectivity index (χ4n) is 4.38. The van der Waals surface area contributed by atoms with Gasteiger partial charge in [-0.2, -0.15) is 0 Å². The van der Waals surface area contributed by atoms with Gasteiger partial charge in [-0.15, -0.1) is 0 Å². The molecule has 1 fully saturated rings. The molecule has 33 heavy (non-hydrogen) atoms. The molecule has 1 aromatic heterocycles. The molecule has 0 aliphatic carbocycles. The maximum atomic E-state index is 6.54. The average molecular weight is 454 g/mol. The zero-order valence-electron chi connectivity index (χ0n) is 18.4. The Hall–Kier alpha value is -3.35. The van der Waals surface area contributed by atoms with Gasteiger partial charge in [-0.25, -0.2) is 9.97 Å². The molecule has 0 bridgehead atoms. The quantitative estimate of drug-likeness (QED) is 0.409. The number of benzene rings is 3. The Labute approximate surface area is 199 Å². The maximum absolute atomic E-state index is 6.54. The van der Waals surface area contributed by atoms with Gasteiger partial charge in [-0.3, -0.25) is 4.90 Å². The Balaban J connectivity index is 1.34. The van der Waals surface area contributed by atoms with Gasteiger partial charge in [-0.1, -0.05) is 90.6 Å². The Morgan fingerprint density at radius 3 is 1.82 bits per heavy atom. The molecule has 0 radical (unpaired) electrons. The molecule has 166 valence electrons. The number of nitrogen functional groups attached to an aromatic ring is 1. The van der Waals surface area contributed by atoms with E-state index in [1.54, 1.807) is 18.1 Å². The predicted molar refractivity (Wildman–Crippen MR) is 136 cm³/mol. The fourth-order valence-corrected chi connectivity index (χ4v) is 5.20. The number of nitrogens with zero attached hydrogens (tertiary/aromatic N) is 4. The summed E-state index contributed by atoms with van der Waals surface area (Å²) in [5.41, 5.74) is 9.83. The van der Waals surface area contributed by atoms with Crippen LogP contribution in [-0.2, 0) is 0 Å². The van der Waals surface area contributed by atoms with Crippen LogP contribution < -0.4 is 10.6 Å². The van der Waals surface area contributed by atoms with Crippen LogP contribution in [0.4, 0.5) is 11.5 Å². The van der Waals surface area contributed by atoms with Crippen LogP contribution in [0.15, 0.2) is 107 Å². The lowest BCUT2D eigenvalue weighted by Crippen LogP contribution is -2.48. The molecule has 1 aliphatic heterocycles. The van der Waals surface area contributed by atoms with Crippen molar-refractivity contribution in [2.24, 2.45) is 0 Å². The van der Waals surface area contributed by atoms with Crippen molar-refractivity contribution in [2.75, 3.05) is 36.8 Å². The second-order valence-electron chi connectivity index (χ2n) is 8.08. The van der Waals surface area contributed by atoms with Crippen molar-refractivity contribution in [3.05, 3.63) is 108 Å². The lowest BCUT2D eigenvalue weighted by molar-refractivity contribution is 0.212. The summed E-state index contributed by atoms with van der Waals surface area (Å²) < 4.78 is 0. The molecule has 0 amide bonds. The molecule has 2 heterocycles. The van der Waals surface area contributed by atoms with Gasteiger partial charge >= 0.3 is 0 Å². The van der Waals surface area contributed by atoms with Gasteiger partial charge < -0.3 is 10.6 Å². The molecule has 4 aromatic rings. The second-order valence-corrected chi connectivity index (χ2v) is 9.14. The highest BCUT2D eigenvalue weighted by molar-refractivity contribution is 7.99. The van der Waals surface area contributed by atoms with Crippen molar-refractivity contribution < 1.29 is 0 Å². The van der Waals surface area contributed by atoms with E-state index in [1.807, 2.05) is 18.2 Å². The Morgan fingerprint density at radius 1 is 0.697 bits per heavy atom. The number of rotatable bonds is 6. The number of nitrogens with two attached hydrogens (primary N) is 1. The SMILES string of the molecule is Nc1c(Sc2ccccc2)ncnc1N1CCN(C(c2ccccc2)c2ccccc2)CC1. The summed E-state index contributed by atoms with van der Waals surface area (Å²) in [6, 6.07) is 31.9. The normalized spacial score (nSPS) is 14.5. The number of hydrogen-bond donors (Lipinski definition) is 1. The Bertz CT molecular complexity index is 1120. The van der Waals surface area contributed by atoms with Crippen LogP contribution in [-0.4, -0.2) is 41.0 Å². The molecule has 6 heteroatoms. The summed E-state index contributed by atoms with van der Waals surface area (Å²) in [5.74, 6) is 0.832. The molecular weight excluding hydrogens is 426 g/mol. The van der Waals surface area contributed by atoms with Crippen molar-refractivity contribution in [2.45, 2.75) is 16.0 Å². The molecule has 5 nitrogen and oxygen atoms in total. The highest BCUT2D eigenvalue weighted by atomic mass is 32.2. The van der Waals surface area contributed by atoms with Crippen LogP contribution in [0.1, 0.15) is 17.2 Å². The first-order chi connectivity index (χ1) is 16.3. The van der Waals surface area contributed by atoms with Gasteiger partial charge in [0.1, 0.15) is 17.0 Å². The van der Waals surface area contributed by atoms with Crippen molar-refractivity contribution in [1.82, 2.24) is 14.9 Å². The van der Waals surface area contributed by atoms with Gasteiger partial charge in [0.15, 0.2) is 5.82 Å². The van der Waals surface area contributed by atoms with Gasteiger partial charge in [0.2, 0.25) is 0 Å². The molecule has 1 saturated heterocycles.